The van der Waals surface area contributed by atoms with Crippen molar-refractivity contribution < 1.29 is 23.9 Å². The maximum absolute atomic E-state index is 12.3. The Morgan fingerprint density at radius 3 is 2.09 bits per heavy atom. The molecule has 0 N–H and O–H groups in total. The molecule has 0 heterocycles. The van der Waals surface area contributed by atoms with Crippen molar-refractivity contribution in [2.75, 3.05) is 21.3 Å². The van der Waals surface area contributed by atoms with Crippen LogP contribution in [0.15, 0.2) is 72.8 Å². The van der Waals surface area contributed by atoms with Gasteiger partial charge in [-0.15, -0.1) is 0 Å². The number of carbonyl (C=O) groups is 1. The molecule has 7 nitrogen and oxygen atoms in total. The van der Waals surface area contributed by atoms with Crippen molar-refractivity contribution in [3.05, 3.63) is 105 Å². The van der Waals surface area contributed by atoms with Crippen molar-refractivity contribution in [2.24, 2.45) is 0 Å². The van der Waals surface area contributed by atoms with E-state index in [9.17, 15) is 14.9 Å². The Kier molecular flexibility index (Phi) is 8.18. The summed E-state index contributed by atoms with van der Waals surface area (Å²) in [7, 11) is 4.72. The second-order valence-electron chi connectivity index (χ2n) is 7.28. The van der Waals surface area contributed by atoms with Crippen molar-refractivity contribution in [1.82, 2.24) is 0 Å². The van der Waals surface area contributed by atoms with Gasteiger partial charge in [-0.3, -0.25) is 14.9 Å². The Bertz CT molecular complexity index is 1200. The summed E-state index contributed by atoms with van der Waals surface area (Å²) in [4.78, 5) is 22.9. The number of nitrogens with zero attached hydrogens (tertiary/aromatic N) is 1. The van der Waals surface area contributed by atoms with E-state index in [0.717, 1.165) is 16.7 Å². The Morgan fingerprint density at radius 2 is 1.50 bits per heavy atom. The van der Waals surface area contributed by atoms with E-state index in [1.54, 1.807) is 33.5 Å². The number of methoxy groups -OCH3 is 3. The minimum Gasteiger partial charge on any atom is -0.493 e. The van der Waals surface area contributed by atoms with Gasteiger partial charge < -0.3 is 14.2 Å². The minimum absolute atomic E-state index is 0.0797. The van der Waals surface area contributed by atoms with Gasteiger partial charge >= 0.3 is 0 Å². The molecule has 174 valence electrons. The summed E-state index contributed by atoms with van der Waals surface area (Å²) < 4.78 is 16.1. The number of carbonyl (C=O) groups excluding carboxylic acids is 1. The Labute approximate surface area is 198 Å². The van der Waals surface area contributed by atoms with Gasteiger partial charge in [0.05, 0.1) is 31.8 Å². The van der Waals surface area contributed by atoms with Crippen LogP contribution in [-0.4, -0.2) is 32.0 Å². The first kappa shape index (κ1) is 24.3. The summed E-state index contributed by atoms with van der Waals surface area (Å²) in [6, 6.07) is 17.5. The number of para-hydroxylation sites is 1. The summed E-state index contributed by atoms with van der Waals surface area (Å²) in [5, 5.41) is 11.1. The van der Waals surface area contributed by atoms with E-state index in [4.69, 9.17) is 14.2 Å². The van der Waals surface area contributed by atoms with Crippen molar-refractivity contribution in [2.45, 2.75) is 6.42 Å². The molecule has 3 aromatic carbocycles. The van der Waals surface area contributed by atoms with Crippen molar-refractivity contribution in [3.8, 4) is 17.2 Å². The average molecular weight is 459 g/mol. The van der Waals surface area contributed by atoms with Crippen LogP contribution >= 0.6 is 0 Å². The quantitative estimate of drug-likeness (QED) is 0.126. The fraction of sp³-hybridized carbons (Fsp3) is 0.148. The molecule has 3 aromatic rings. The van der Waals surface area contributed by atoms with E-state index < -0.39 is 10.7 Å². The summed E-state index contributed by atoms with van der Waals surface area (Å²) >= 11 is 0. The number of ketones is 1. The van der Waals surface area contributed by atoms with Crippen molar-refractivity contribution in [1.29, 1.82) is 0 Å². The minimum atomic E-state index is -0.550. The number of nitro groups is 1. The van der Waals surface area contributed by atoms with Gasteiger partial charge in [0.1, 0.15) is 0 Å². The topological polar surface area (TPSA) is 87.9 Å². The zero-order valence-corrected chi connectivity index (χ0v) is 19.2. The molecule has 0 saturated carbocycles. The van der Waals surface area contributed by atoms with E-state index >= 15 is 0 Å². The van der Waals surface area contributed by atoms with Crippen LogP contribution in [-0.2, 0) is 6.42 Å². The molecule has 34 heavy (non-hydrogen) atoms. The fourth-order valence-electron chi connectivity index (χ4n) is 3.39. The lowest BCUT2D eigenvalue weighted by molar-refractivity contribution is -0.385. The van der Waals surface area contributed by atoms with Crippen LogP contribution in [0.25, 0.3) is 12.2 Å². The van der Waals surface area contributed by atoms with Crippen LogP contribution in [0.1, 0.15) is 27.0 Å². The van der Waals surface area contributed by atoms with E-state index in [1.165, 1.54) is 24.3 Å². The molecule has 0 atom stereocenters. The number of rotatable bonds is 10. The first-order valence-electron chi connectivity index (χ1n) is 10.5. The van der Waals surface area contributed by atoms with E-state index in [-0.39, 0.29) is 11.3 Å². The highest BCUT2D eigenvalue weighted by atomic mass is 16.6. The number of nitro benzene ring substituents is 1. The standard InChI is InChI=1S/C27H25NO6/c1-32-25-17-21(18-26(33-2)27(25)34-3)16-15-20-13-11-19(12-14-20)7-6-10-24(29)22-8-4-5-9-23(22)28(30)31/h4-6,8-18H,7H2,1-3H3/b10-6-,16-15-. The lowest BCUT2D eigenvalue weighted by Crippen LogP contribution is -2.00. The first-order valence-corrected chi connectivity index (χ1v) is 10.5. The fourth-order valence-corrected chi connectivity index (χ4v) is 3.39. The van der Waals surface area contributed by atoms with Gasteiger partial charge in [0.15, 0.2) is 17.3 Å². The van der Waals surface area contributed by atoms with Crippen LogP contribution in [0, 0.1) is 10.1 Å². The molecule has 0 radical (unpaired) electrons. The average Bonchev–Trinajstić information content (AvgIpc) is 2.87. The highest BCUT2D eigenvalue weighted by Gasteiger charge is 2.16. The van der Waals surface area contributed by atoms with E-state index in [2.05, 4.69) is 0 Å². The van der Waals surface area contributed by atoms with Gasteiger partial charge in [0.25, 0.3) is 5.69 Å². The molecular formula is C27H25NO6. The molecule has 0 aliphatic carbocycles. The molecule has 0 saturated heterocycles. The van der Waals surface area contributed by atoms with Crippen molar-refractivity contribution >= 4 is 23.6 Å². The first-order chi connectivity index (χ1) is 16.5. The van der Waals surface area contributed by atoms with Crippen LogP contribution in [0.5, 0.6) is 17.2 Å². The Balaban J connectivity index is 1.66. The van der Waals surface area contributed by atoms with Gasteiger partial charge in [-0.2, -0.15) is 0 Å². The molecular weight excluding hydrogens is 434 g/mol. The van der Waals surface area contributed by atoms with E-state index in [0.29, 0.717) is 23.7 Å². The van der Waals surface area contributed by atoms with Gasteiger partial charge in [-0.05, 0) is 47.4 Å². The van der Waals surface area contributed by atoms with Crippen LogP contribution in [0.3, 0.4) is 0 Å². The number of hydrogen-bond acceptors (Lipinski definition) is 6. The predicted octanol–water partition coefficient (Wildman–Crippen LogP) is 5.77. The second-order valence-corrected chi connectivity index (χ2v) is 7.28. The zero-order valence-electron chi connectivity index (χ0n) is 19.2. The van der Waals surface area contributed by atoms with E-state index in [1.807, 2.05) is 48.6 Å². The van der Waals surface area contributed by atoms with Gasteiger partial charge in [-0.25, -0.2) is 0 Å². The largest absolute Gasteiger partial charge is 0.493 e. The molecule has 0 spiro atoms. The molecule has 0 bridgehead atoms. The zero-order chi connectivity index (χ0) is 24.5. The summed E-state index contributed by atoms with van der Waals surface area (Å²) in [5.41, 5.74) is 2.79. The Hall–Kier alpha value is -4.39. The van der Waals surface area contributed by atoms with Crippen LogP contribution in [0.2, 0.25) is 0 Å². The third-order valence-corrected chi connectivity index (χ3v) is 5.12. The smallest absolute Gasteiger partial charge is 0.280 e. The molecule has 0 aromatic heterocycles. The van der Waals surface area contributed by atoms with Gasteiger partial charge in [-0.1, -0.05) is 54.6 Å². The molecule has 0 amide bonds. The monoisotopic (exact) mass is 459 g/mol. The number of ether oxygens (including phenoxy) is 3. The highest BCUT2D eigenvalue weighted by Crippen LogP contribution is 2.38. The number of benzene rings is 3. The number of allylic oxidation sites excluding steroid dienone is 2. The third-order valence-electron chi connectivity index (χ3n) is 5.12. The molecule has 7 heteroatoms. The molecule has 3 rings (SSSR count). The maximum Gasteiger partial charge on any atom is 0.280 e. The molecule has 0 aliphatic rings. The van der Waals surface area contributed by atoms with Crippen LogP contribution < -0.4 is 14.2 Å². The van der Waals surface area contributed by atoms with Crippen molar-refractivity contribution in [3.63, 3.8) is 0 Å². The van der Waals surface area contributed by atoms with Gasteiger partial charge in [0.2, 0.25) is 5.75 Å². The highest BCUT2D eigenvalue weighted by molar-refractivity contribution is 6.07. The number of hydrogen-bond donors (Lipinski definition) is 0. The second kappa shape index (κ2) is 11.5. The lowest BCUT2D eigenvalue weighted by atomic mass is 10.1. The predicted molar refractivity (Wildman–Crippen MR) is 132 cm³/mol. The summed E-state index contributed by atoms with van der Waals surface area (Å²) in [5.74, 6) is 1.31. The Morgan fingerprint density at radius 1 is 0.882 bits per heavy atom. The van der Waals surface area contributed by atoms with Gasteiger partial charge in [0, 0.05) is 6.07 Å². The lowest BCUT2D eigenvalue weighted by Gasteiger charge is -2.12. The third kappa shape index (κ3) is 5.89. The summed E-state index contributed by atoms with van der Waals surface area (Å²) in [6.07, 6.45) is 7.53. The molecule has 0 unspecified atom stereocenters. The summed E-state index contributed by atoms with van der Waals surface area (Å²) in [6.45, 7) is 0. The molecule has 0 aliphatic heterocycles. The normalized spacial score (nSPS) is 11.0. The SMILES string of the molecule is COc1cc(/C=C\c2ccc(C/C=C\C(=O)c3ccccc3[N+](=O)[O-])cc2)cc(OC)c1OC. The maximum atomic E-state index is 12.3. The molecule has 0 fully saturated rings. The van der Waals surface area contributed by atoms with Crippen LogP contribution in [0.4, 0.5) is 5.69 Å².